The Morgan fingerprint density at radius 3 is 2.36 bits per heavy atom. The molecule has 0 radical (unpaired) electrons. The summed E-state index contributed by atoms with van der Waals surface area (Å²) in [6, 6.07) is 6.88. The van der Waals surface area contributed by atoms with Gasteiger partial charge in [0.15, 0.2) is 11.5 Å². The van der Waals surface area contributed by atoms with E-state index in [1.807, 2.05) is 20.1 Å². The molecule has 1 aromatic carbocycles. The Labute approximate surface area is 196 Å². The summed E-state index contributed by atoms with van der Waals surface area (Å²) in [6.45, 7) is 4.87. The van der Waals surface area contributed by atoms with E-state index in [9.17, 15) is 9.90 Å². The van der Waals surface area contributed by atoms with Crippen LogP contribution < -0.4 is 29.6 Å². The quantitative estimate of drug-likeness (QED) is 0.417. The highest BCUT2D eigenvalue weighted by molar-refractivity contribution is 7.96. The number of pyridine rings is 2. The van der Waals surface area contributed by atoms with E-state index in [1.54, 1.807) is 35.0 Å². The van der Waals surface area contributed by atoms with Gasteiger partial charge in [0.2, 0.25) is 10.6 Å². The summed E-state index contributed by atoms with van der Waals surface area (Å²) in [5.74, 6) is 2.50. The highest BCUT2D eigenvalue weighted by atomic mass is 32.2. The van der Waals surface area contributed by atoms with Crippen LogP contribution in [-0.4, -0.2) is 49.5 Å². The summed E-state index contributed by atoms with van der Waals surface area (Å²) >= 11 is 0. The Bertz CT molecular complexity index is 1150. The van der Waals surface area contributed by atoms with Crippen LogP contribution >= 0.6 is 0 Å². The molecule has 0 N–H and O–H groups in total. The van der Waals surface area contributed by atoms with Gasteiger partial charge in [-0.1, -0.05) is 19.9 Å². The maximum Gasteiger partial charge on any atom is 0.306 e. The van der Waals surface area contributed by atoms with Gasteiger partial charge in [0, 0.05) is 41.2 Å². The van der Waals surface area contributed by atoms with Gasteiger partial charge in [-0.2, -0.15) is 0 Å². The van der Waals surface area contributed by atoms with Crippen molar-refractivity contribution in [1.82, 2.24) is 9.55 Å². The van der Waals surface area contributed by atoms with Crippen LogP contribution in [0.4, 0.5) is 0 Å². The minimum absolute atomic E-state index is 0.236. The molecular formula is C24H30N2O6S. The normalized spacial score (nSPS) is 12.1. The van der Waals surface area contributed by atoms with Crippen molar-refractivity contribution < 1.29 is 24.1 Å². The zero-order valence-corrected chi connectivity index (χ0v) is 20.7. The van der Waals surface area contributed by atoms with E-state index in [2.05, 4.69) is 4.98 Å². The molecule has 1 atom stereocenters. The molecule has 33 heavy (non-hydrogen) atoms. The highest BCUT2D eigenvalue weighted by Gasteiger charge is 2.26. The molecule has 0 amide bonds. The SMILES string of the molecule is COc1cc(OCC[S+](C)c2c([O-])c3cccnc3n(CC(C)C)c2=O)cc(OC)c1OC. The van der Waals surface area contributed by atoms with Gasteiger partial charge in [0.05, 0.1) is 21.3 Å². The number of fused-ring (bicyclic) bond motifs is 1. The van der Waals surface area contributed by atoms with E-state index < -0.39 is 10.9 Å². The number of aromatic nitrogens is 2. The third-order valence-electron chi connectivity index (χ3n) is 5.13. The lowest BCUT2D eigenvalue weighted by atomic mass is 10.2. The van der Waals surface area contributed by atoms with E-state index in [4.69, 9.17) is 18.9 Å². The first kappa shape index (κ1) is 24.6. The van der Waals surface area contributed by atoms with Crippen LogP contribution in [-0.2, 0) is 17.4 Å². The third-order valence-corrected chi connectivity index (χ3v) is 6.96. The second-order valence-corrected chi connectivity index (χ2v) is 9.98. The second kappa shape index (κ2) is 10.7. The molecule has 0 aliphatic rings. The van der Waals surface area contributed by atoms with Crippen molar-refractivity contribution in [1.29, 1.82) is 0 Å². The standard InChI is InChI=1S/C24H30N2O6S/c1-15(2)14-26-23-17(8-7-9-25-23)20(27)22(24(26)28)33(6)11-10-32-16-12-18(29-3)21(31-5)19(13-16)30-4/h7-9,12-13,15H,10-11,14H2,1-6H3. The predicted molar refractivity (Wildman–Crippen MR) is 128 cm³/mol. The second-order valence-electron chi connectivity index (χ2n) is 7.89. The van der Waals surface area contributed by atoms with E-state index in [0.717, 1.165) is 0 Å². The minimum Gasteiger partial charge on any atom is -0.868 e. The van der Waals surface area contributed by atoms with Crippen LogP contribution in [0.15, 0.2) is 40.2 Å². The fourth-order valence-electron chi connectivity index (χ4n) is 3.60. The van der Waals surface area contributed by atoms with Gasteiger partial charge >= 0.3 is 5.56 Å². The van der Waals surface area contributed by atoms with Gasteiger partial charge in [-0.15, -0.1) is 0 Å². The van der Waals surface area contributed by atoms with Crippen molar-refractivity contribution in [2.24, 2.45) is 5.92 Å². The number of rotatable bonds is 10. The monoisotopic (exact) mass is 474 g/mol. The Morgan fingerprint density at radius 2 is 1.79 bits per heavy atom. The van der Waals surface area contributed by atoms with Gasteiger partial charge < -0.3 is 24.1 Å². The summed E-state index contributed by atoms with van der Waals surface area (Å²) in [5.41, 5.74) is 0.175. The molecule has 0 saturated carbocycles. The fraction of sp³-hybridized carbons (Fsp3) is 0.417. The van der Waals surface area contributed by atoms with Gasteiger partial charge in [-0.25, -0.2) is 4.98 Å². The molecule has 0 saturated heterocycles. The van der Waals surface area contributed by atoms with E-state index in [1.165, 1.54) is 21.3 Å². The molecule has 2 aromatic heterocycles. The third kappa shape index (κ3) is 5.13. The van der Waals surface area contributed by atoms with Gasteiger partial charge in [-0.05, 0) is 17.7 Å². The predicted octanol–water partition coefficient (Wildman–Crippen LogP) is 2.84. The molecular weight excluding hydrogens is 444 g/mol. The number of ether oxygens (including phenoxy) is 4. The summed E-state index contributed by atoms with van der Waals surface area (Å²) in [4.78, 5) is 17.9. The summed E-state index contributed by atoms with van der Waals surface area (Å²) in [7, 11) is 4.00. The van der Waals surface area contributed by atoms with E-state index >= 15 is 0 Å². The summed E-state index contributed by atoms with van der Waals surface area (Å²) in [6.07, 6.45) is 3.51. The first-order chi connectivity index (χ1) is 15.8. The van der Waals surface area contributed by atoms with Crippen LogP contribution in [0.25, 0.3) is 11.0 Å². The maximum absolute atomic E-state index is 13.3. The smallest absolute Gasteiger partial charge is 0.306 e. The molecule has 0 fully saturated rings. The van der Waals surface area contributed by atoms with Gasteiger partial charge in [-0.3, -0.25) is 9.36 Å². The zero-order valence-electron chi connectivity index (χ0n) is 19.8. The van der Waals surface area contributed by atoms with E-state index in [0.29, 0.717) is 57.8 Å². The molecule has 1 unspecified atom stereocenters. The molecule has 3 aromatic rings. The van der Waals surface area contributed by atoms with Crippen LogP contribution in [0.1, 0.15) is 13.8 Å². The zero-order chi connectivity index (χ0) is 24.1. The molecule has 0 aliphatic carbocycles. The molecule has 178 valence electrons. The number of methoxy groups -OCH3 is 3. The van der Waals surface area contributed by atoms with Crippen LogP contribution in [0, 0.1) is 5.92 Å². The topological polar surface area (TPSA) is 94.9 Å². The minimum atomic E-state index is -0.617. The number of benzene rings is 1. The first-order valence-electron chi connectivity index (χ1n) is 10.6. The summed E-state index contributed by atoms with van der Waals surface area (Å²) < 4.78 is 23.6. The largest absolute Gasteiger partial charge is 0.868 e. The number of hydrogen-bond acceptors (Lipinski definition) is 7. The van der Waals surface area contributed by atoms with Crippen molar-refractivity contribution >= 4 is 21.9 Å². The van der Waals surface area contributed by atoms with Crippen LogP contribution in [0.2, 0.25) is 0 Å². The molecule has 9 heteroatoms. The molecule has 0 aliphatic heterocycles. The van der Waals surface area contributed by atoms with Crippen molar-refractivity contribution in [3.63, 3.8) is 0 Å². The maximum atomic E-state index is 13.3. The molecule has 2 heterocycles. The Kier molecular flexibility index (Phi) is 7.97. The lowest BCUT2D eigenvalue weighted by molar-refractivity contribution is -0.270. The van der Waals surface area contributed by atoms with Gasteiger partial charge in [0.1, 0.15) is 30.0 Å². The average Bonchev–Trinajstić information content (AvgIpc) is 2.81. The molecule has 3 rings (SSSR count). The number of hydrogen-bond donors (Lipinski definition) is 0. The Hall–Kier alpha value is -3.07. The molecule has 0 spiro atoms. The Morgan fingerprint density at radius 1 is 1.12 bits per heavy atom. The van der Waals surface area contributed by atoms with Crippen molar-refractivity contribution in [2.45, 2.75) is 25.3 Å². The van der Waals surface area contributed by atoms with Crippen LogP contribution in [0.3, 0.4) is 0 Å². The van der Waals surface area contributed by atoms with Crippen molar-refractivity contribution in [2.75, 3.05) is 39.9 Å². The number of nitrogens with zero attached hydrogens (tertiary/aromatic N) is 2. The Balaban J connectivity index is 1.86. The van der Waals surface area contributed by atoms with Crippen molar-refractivity contribution in [3.8, 4) is 28.7 Å². The average molecular weight is 475 g/mol. The van der Waals surface area contributed by atoms with Gasteiger partial charge in [0.25, 0.3) is 0 Å². The van der Waals surface area contributed by atoms with E-state index in [-0.39, 0.29) is 17.2 Å². The molecule has 0 bridgehead atoms. The van der Waals surface area contributed by atoms with Crippen molar-refractivity contribution in [3.05, 3.63) is 40.8 Å². The lowest BCUT2D eigenvalue weighted by Gasteiger charge is -2.19. The highest BCUT2D eigenvalue weighted by Crippen LogP contribution is 2.40. The lowest BCUT2D eigenvalue weighted by Crippen LogP contribution is -2.31. The van der Waals surface area contributed by atoms with Crippen LogP contribution in [0.5, 0.6) is 28.7 Å². The first-order valence-corrected chi connectivity index (χ1v) is 12.4. The molecule has 8 nitrogen and oxygen atoms in total. The fourth-order valence-corrected chi connectivity index (χ4v) is 4.97. The summed E-state index contributed by atoms with van der Waals surface area (Å²) in [5, 5.41) is 13.6.